The number of carbonyl (C=O) groups is 1. The minimum atomic E-state index is -0.422. The van der Waals surface area contributed by atoms with Crippen LogP contribution in [0.4, 0.5) is 14.9 Å². The van der Waals surface area contributed by atoms with Crippen LogP contribution in [0.3, 0.4) is 0 Å². The number of amides is 1. The van der Waals surface area contributed by atoms with Gasteiger partial charge in [0.1, 0.15) is 25.1 Å². The van der Waals surface area contributed by atoms with Gasteiger partial charge in [-0.1, -0.05) is 0 Å². The lowest BCUT2D eigenvalue weighted by Crippen LogP contribution is -2.33. The van der Waals surface area contributed by atoms with Crippen LogP contribution in [0, 0.1) is 5.82 Å². The number of anilines is 1. The Morgan fingerprint density at radius 3 is 2.67 bits per heavy atom. The standard InChI is InChI=1S/C24H22FN3O5/c25-18-4-1-14-2-6-21(29)28-12-15(22(18)23(14)28)10-26-11-17-13-27(24(30)33-17)16-3-5-19-20(9-16)32-8-7-31-19/h1-6,9,15,17,26H,7-8,10-13H2/t15-,17-/m1/s1. The van der Waals surface area contributed by atoms with Gasteiger partial charge >= 0.3 is 6.09 Å². The average molecular weight is 451 g/mol. The summed E-state index contributed by atoms with van der Waals surface area (Å²) in [5, 5.41) is 4.16. The van der Waals surface area contributed by atoms with Gasteiger partial charge < -0.3 is 24.1 Å². The summed E-state index contributed by atoms with van der Waals surface area (Å²) >= 11 is 0. The van der Waals surface area contributed by atoms with Crippen molar-refractivity contribution >= 4 is 22.7 Å². The fourth-order valence-electron chi connectivity index (χ4n) is 4.90. The Bertz CT molecular complexity index is 1320. The molecular formula is C24H22FN3O5. The van der Waals surface area contributed by atoms with Crippen LogP contribution in [0.1, 0.15) is 11.5 Å². The van der Waals surface area contributed by atoms with Crippen LogP contribution in [0.2, 0.25) is 0 Å². The molecule has 0 unspecified atom stereocenters. The van der Waals surface area contributed by atoms with Crippen molar-refractivity contribution in [1.82, 2.24) is 9.88 Å². The van der Waals surface area contributed by atoms with Crippen LogP contribution in [0.25, 0.3) is 10.9 Å². The molecule has 1 amide bonds. The first kappa shape index (κ1) is 20.0. The summed E-state index contributed by atoms with van der Waals surface area (Å²) in [6, 6.07) is 11.8. The molecule has 0 aliphatic carbocycles. The average Bonchev–Trinajstić information content (AvgIpc) is 3.40. The van der Waals surface area contributed by atoms with E-state index in [0.29, 0.717) is 67.7 Å². The molecule has 1 N–H and O–H groups in total. The van der Waals surface area contributed by atoms with Gasteiger partial charge in [0.25, 0.3) is 5.56 Å². The van der Waals surface area contributed by atoms with E-state index < -0.39 is 6.09 Å². The maximum atomic E-state index is 14.6. The first-order valence-corrected chi connectivity index (χ1v) is 11.0. The Morgan fingerprint density at radius 2 is 1.79 bits per heavy atom. The topological polar surface area (TPSA) is 82.0 Å². The van der Waals surface area contributed by atoms with Gasteiger partial charge in [-0.2, -0.15) is 0 Å². The fourth-order valence-corrected chi connectivity index (χ4v) is 4.90. The van der Waals surface area contributed by atoms with Crippen molar-refractivity contribution in [2.24, 2.45) is 0 Å². The number of hydrogen-bond donors (Lipinski definition) is 1. The highest BCUT2D eigenvalue weighted by atomic mass is 19.1. The summed E-state index contributed by atoms with van der Waals surface area (Å²) in [7, 11) is 0. The highest BCUT2D eigenvalue weighted by Crippen LogP contribution is 2.36. The molecule has 4 heterocycles. The number of aromatic nitrogens is 1. The van der Waals surface area contributed by atoms with Crippen molar-refractivity contribution in [2.75, 3.05) is 37.7 Å². The van der Waals surface area contributed by atoms with E-state index in [1.54, 1.807) is 33.7 Å². The van der Waals surface area contributed by atoms with Gasteiger partial charge in [-0.25, -0.2) is 9.18 Å². The van der Waals surface area contributed by atoms with Crippen LogP contribution < -0.4 is 25.2 Å². The third-order valence-electron chi connectivity index (χ3n) is 6.42. The minimum Gasteiger partial charge on any atom is -0.486 e. The third-order valence-corrected chi connectivity index (χ3v) is 6.42. The maximum Gasteiger partial charge on any atom is 0.414 e. The molecule has 2 aromatic carbocycles. The molecule has 2 atom stereocenters. The van der Waals surface area contributed by atoms with Crippen LogP contribution in [0.5, 0.6) is 11.5 Å². The van der Waals surface area contributed by atoms with E-state index in [9.17, 15) is 14.0 Å². The van der Waals surface area contributed by atoms with E-state index in [4.69, 9.17) is 14.2 Å². The Labute approximate surface area is 188 Å². The van der Waals surface area contributed by atoms with Crippen LogP contribution in [-0.4, -0.2) is 49.6 Å². The third kappa shape index (κ3) is 3.39. The largest absolute Gasteiger partial charge is 0.486 e. The molecule has 0 saturated carbocycles. The predicted octanol–water partition coefficient (Wildman–Crippen LogP) is 2.62. The Kier molecular flexibility index (Phi) is 4.72. The summed E-state index contributed by atoms with van der Waals surface area (Å²) in [5.41, 5.74) is 1.80. The molecule has 170 valence electrons. The Balaban J connectivity index is 1.12. The molecule has 33 heavy (non-hydrogen) atoms. The minimum absolute atomic E-state index is 0.128. The number of pyridine rings is 1. The van der Waals surface area contributed by atoms with Crippen molar-refractivity contribution in [3.8, 4) is 11.5 Å². The smallest absolute Gasteiger partial charge is 0.414 e. The number of cyclic esters (lactones) is 1. The summed E-state index contributed by atoms with van der Waals surface area (Å²) in [6.45, 7) is 2.68. The first-order chi connectivity index (χ1) is 16.1. The summed E-state index contributed by atoms with van der Waals surface area (Å²) < 4.78 is 32.9. The number of ether oxygens (including phenoxy) is 3. The molecule has 1 fully saturated rings. The van der Waals surface area contributed by atoms with Gasteiger partial charge in [0, 0.05) is 43.2 Å². The number of nitrogens with zero attached hydrogens (tertiary/aromatic N) is 2. The van der Waals surface area contributed by atoms with E-state index in [1.165, 1.54) is 12.1 Å². The second-order valence-corrected chi connectivity index (χ2v) is 8.48. The van der Waals surface area contributed by atoms with Gasteiger partial charge in [-0.05, 0) is 35.7 Å². The summed E-state index contributed by atoms with van der Waals surface area (Å²) in [4.78, 5) is 26.3. The van der Waals surface area contributed by atoms with Gasteiger partial charge in [-0.3, -0.25) is 9.69 Å². The zero-order valence-electron chi connectivity index (χ0n) is 17.8. The molecule has 3 aliphatic heterocycles. The van der Waals surface area contributed by atoms with Crippen molar-refractivity contribution in [3.05, 3.63) is 64.2 Å². The predicted molar refractivity (Wildman–Crippen MR) is 119 cm³/mol. The highest BCUT2D eigenvalue weighted by Gasteiger charge is 2.34. The van der Waals surface area contributed by atoms with Gasteiger partial charge in [-0.15, -0.1) is 0 Å². The number of hydrogen-bond acceptors (Lipinski definition) is 6. The number of carbonyl (C=O) groups excluding carboxylic acids is 1. The zero-order valence-corrected chi connectivity index (χ0v) is 17.8. The molecule has 9 heteroatoms. The van der Waals surface area contributed by atoms with Crippen LogP contribution >= 0.6 is 0 Å². The Morgan fingerprint density at radius 1 is 0.970 bits per heavy atom. The number of nitrogens with one attached hydrogen (secondary N) is 1. The van der Waals surface area contributed by atoms with Crippen molar-refractivity contribution in [1.29, 1.82) is 0 Å². The molecule has 6 rings (SSSR count). The van der Waals surface area contributed by atoms with E-state index in [-0.39, 0.29) is 23.4 Å². The van der Waals surface area contributed by atoms with Gasteiger partial charge in [0.05, 0.1) is 17.7 Å². The molecule has 3 aromatic rings. The molecule has 1 saturated heterocycles. The molecule has 8 nitrogen and oxygen atoms in total. The monoisotopic (exact) mass is 451 g/mol. The lowest BCUT2D eigenvalue weighted by molar-refractivity contribution is 0.140. The van der Waals surface area contributed by atoms with Crippen molar-refractivity contribution in [3.63, 3.8) is 0 Å². The number of halogens is 1. The summed E-state index contributed by atoms with van der Waals surface area (Å²) in [5.74, 6) is 0.799. The highest BCUT2D eigenvalue weighted by molar-refractivity contribution is 5.90. The second kappa shape index (κ2) is 7.77. The Hall–Kier alpha value is -3.59. The lowest BCUT2D eigenvalue weighted by Gasteiger charge is -2.21. The van der Waals surface area contributed by atoms with Crippen molar-refractivity contribution in [2.45, 2.75) is 18.6 Å². The molecule has 0 spiro atoms. The number of rotatable bonds is 5. The zero-order chi connectivity index (χ0) is 22.5. The first-order valence-electron chi connectivity index (χ1n) is 11.0. The molecule has 0 bridgehead atoms. The molecular weight excluding hydrogens is 429 g/mol. The summed E-state index contributed by atoms with van der Waals surface area (Å²) in [6.07, 6.45) is -0.771. The molecule has 1 aromatic heterocycles. The fraction of sp³-hybridized carbons (Fsp3) is 0.333. The second-order valence-electron chi connectivity index (χ2n) is 8.48. The van der Waals surface area contributed by atoms with Crippen LogP contribution in [-0.2, 0) is 11.3 Å². The van der Waals surface area contributed by atoms with E-state index >= 15 is 0 Å². The van der Waals surface area contributed by atoms with Gasteiger partial charge in [0.15, 0.2) is 11.5 Å². The van der Waals surface area contributed by atoms with E-state index in [0.717, 1.165) is 5.39 Å². The number of benzene rings is 2. The van der Waals surface area contributed by atoms with E-state index in [1.807, 2.05) is 6.07 Å². The van der Waals surface area contributed by atoms with Crippen molar-refractivity contribution < 1.29 is 23.4 Å². The SMILES string of the molecule is O=C1O[C@H](CNC[C@@H]2Cn3c(=O)ccc4ccc(F)c2c43)CN1c1ccc2c(c1)OCCO2. The number of fused-ring (bicyclic) bond motifs is 1. The normalized spacial score (nSPS) is 21.0. The molecule has 3 aliphatic rings. The van der Waals surface area contributed by atoms with Gasteiger partial charge in [0.2, 0.25) is 0 Å². The molecule has 0 radical (unpaired) electrons. The van der Waals surface area contributed by atoms with E-state index in [2.05, 4.69) is 5.32 Å². The quantitative estimate of drug-likeness (QED) is 0.642. The lowest BCUT2D eigenvalue weighted by atomic mass is 9.99. The van der Waals surface area contributed by atoms with Crippen LogP contribution in [0.15, 0.2) is 47.3 Å². The maximum absolute atomic E-state index is 14.6.